The van der Waals surface area contributed by atoms with Crippen molar-refractivity contribution in [3.63, 3.8) is 0 Å². The second-order valence-corrected chi connectivity index (χ2v) is 4.67. The summed E-state index contributed by atoms with van der Waals surface area (Å²) >= 11 is 5.76. The highest BCUT2D eigenvalue weighted by Crippen LogP contribution is 2.29. The van der Waals surface area contributed by atoms with E-state index in [0.717, 1.165) is 5.39 Å². The molecule has 1 heterocycles. The molecule has 100 valence electrons. The summed E-state index contributed by atoms with van der Waals surface area (Å²) in [7, 11) is 0. The van der Waals surface area contributed by atoms with Gasteiger partial charge in [-0.1, -0.05) is 11.6 Å². The first kappa shape index (κ1) is 12.6. The van der Waals surface area contributed by atoms with Gasteiger partial charge in [0.05, 0.1) is 21.8 Å². The minimum Gasteiger partial charge on any atom is -0.478 e. The number of carbonyl (C=O) groups is 1. The number of hydrogen-bond donors (Lipinski definition) is 2. The van der Waals surface area contributed by atoms with E-state index in [1.807, 2.05) is 0 Å². The predicted molar refractivity (Wildman–Crippen MR) is 73.5 cm³/mol. The van der Waals surface area contributed by atoms with Crippen molar-refractivity contribution in [3.8, 4) is 11.3 Å². The second-order valence-electron chi connectivity index (χ2n) is 4.27. The third-order valence-electron chi connectivity index (χ3n) is 3.00. The lowest BCUT2D eigenvalue weighted by Gasteiger charge is -2.00. The van der Waals surface area contributed by atoms with Gasteiger partial charge in [-0.3, -0.25) is 5.10 Å². The molecule has 0 atom stereocenters. The molecule has 20 heavy (non-hydrogen) atoms. The van der Waals surface area contributed by atoms with E-state index in [1.165, 1.54) is 24.3 Å². The summed E-state index contributed by atoms with van der Waals surface area (Å²) < 4.78 is 13.2. The van der Waals surface area contributed by atoms with Gasteiger partial charge in [0.2, 0.25) is 0 Å². The zero-order valence-corrected chi connectivity index (χ0v) is 10.8. The molecule has 4 nitrogen and oxygen atoms in total. The van der Waals surface area contributed by atoms with Crippen molar-refractivity contribution < 1.29 is 14.3 Å². The number of aromatic nitrogens is 2. The Morgan fingerprint density at radius 2 is 2.05 bits per heavy atom. The van der Waals surface area contributed by atoms with Crippen LogP contribution >= 0.6 is 11.6 Å². The third-order valence-corrected chi connectivity index (χ3v) is 3.29. The van der Waals surface area contributed by atoms with Crippen LogP contribution in [-0.4, -0.2) is 21.3 Å². The summed E-state index contributed by atoms with van der Waals surface area (Å²) in [6, 6.07) is 8.98. The van der Waals surface area contributed by atoms with Crippen LogP contribution in [0.25, 0.3) is 22.2 Å². The quantitative estimate of drug-likeness (QED) is 0.756. The Morgan fingerprint density at radius 1 is 1.25 bits per heavy atom. The van der Waals surface area contributed by atoms with Gasteiger partial charge < -0.3 is 5.11 Å². The standard InChI is InChI=1S/C14H8ClFN2O2/c15-10-5-7(2-4-11(10)16)13-9-3-1-8(14(19)20)6-12(9)17-18-13/h1-6H,(H,17,18)(H,19,20). The lowest BCUT2D eigenvalue weighted by molar-refractivity contribution is 0.0697. The van der Waals surface area contributed by atoms with Crippen molar-refractivity contribution in [1.29, 1.82) is 0 Å². The van der Waals surface area contributed by atoms with E-state index in [9.17, 15) is 9.18 Å². The fourth-order valence-electron chi connectivity index (χ4n) is 2.02. The summed E-state index contributed by atoms with van der Waals surface area (Å²) in [6.45, 7) is 0. The maximum atomic E-state index is 13.2. The Kier molecular flexibility index (Phi) is 2.91. The van der Waals surface area contributed by atoms with E-state index in [0.29, 0.717) is 16.8 Å². The Bertz CT molecular complexity index is 829. The predicted octanol–water partition coefficient (Wildman–Crippen LogP) is 3.72. The molecule has 0 fully saturated rings. The number of H-pyrrole nitrogens is 1. The fourth-order valence-corrected chi connectivity index (χ4v) is 2.20. The molecular formula is C14H8ClFN2O2. The first-order chi connectivity index (χ1) is 9.56. The van der Waals surface area contributed by atoms with Gasteiger partial charge in [-0.2, -0.15) is 5.10 Å². The van der Waals surface area contributed by atoms with Crippen LogP contribution in [-0.2, 0) is 0 Å². The Morgan fingerprint density at radius 3 is 2.75 bits per heavy atom. The molecule has 0 amide bonds. The zero-order valence-electron chi connectivity index (χ0n) is 10.0. The SMILES string of the molecule is O=C(O)c1ccc2c(-c3ccc(F)c(Cl)c3)n[nH]c2c1. The first-order valence-electron chi connectivity index (χ1n) is 5.73. The molecule has 0 radical (unpaired) electrons. The van der Waals surface area contributed by atoms with Crippen molar-refractivity contribution in [3.05, 3.63) is 52.8 Å². The van der Waals surface area contributed by atoms with Gasteiger partial charge in [0, 0.05) is 10.9 Å². The van der Waals surface area contributed by atoms with Crippen LogP contribution in [0.2, 0.25) is 5.02 Å². The Balaban J connectivity index is 2.17. The van der Waals surface area contributed by atoms with Gasteiger partial charge in [0.15, 0.2) is 0 Å². The first-order valence-corrected chi connectivity index (χ1v) is 6.11. The van der Waals surface area contributed by atoms with E-state index < -0.39 is 11.8 Å². The van der Waals surface area contributed by atoms with Crippen molar-refractivity contribution in [2.24, 2.45) is 0 Å². The van der Waals surface area contributed by atoms with Crippen molar-refractivity contribution >= 4 is 28.5 Å². The van der Waals surface area contributed by atoms with E-state index >= 15 is 0 Å². The monoisotopic (exact) mass is 290 g/mol. The van der Waals surface area contributed by atoms with Gasteiger partial charge in [-0.05, 0) is 36.4 Å². The fraction of sp³-hybridized carbons (Fsp3) is 0. The van der Waals surface area contributed by atoms with E-state index in [-0.39, 0.29) is 10.6 Å². The zero-order chi connectivity index (χ0) is 14.3. The highest BCUT2D eigenvalue weighted by atomic mass is 35.5. The van der Waals surface area contributed by atoms with Crippen molar-refractivity contribution in [2.75, 3.05) is 0 Å². The van der Waals surface area contributed by atoms with Crippen molar-refractivity contribution in [2.45, 2.75) is 0 Å². The van der Waals surface area contributed by atoms with Gasteiger partial charge >= 0.3 is 5.97 Å². The second kappa shape index (κ2) is 4.61. The van der Waals surface area contributed by atoms with Crippen molar-refractivity contribution in [1.82, 2.24) is 10.2 Å². The number of hydrogen-bond acceptors (Lipinski definition) is 2. The maximum absolute atomic E-state index is 13.2. The summed E-state index contributed by atoms with van der Waals surface area (Å²) in [5.41, 5.74) is 2.02. The van der Waals surface area contributed by atoms with Crippen LogP contribution in [0, 0.1) is 5.82 Å². The smallest absolute Gasteiger partial charge is 0.335 e. The number of rotatable bonds is 2. The van der Waals surface area contributed by atoms with Crippen LogP contribution in [0.5, 0.6) is 0 Å². The molecular weight excluding hydrogens is 283 g/mol. The molecule has 2 aromatic carbocycles. The lowest BCUT2D eigenvalue weighted by atomic mass is 10.1. The van der Waals surface area contributed by atoms with Crippen LogP contribution in [0.4, 0.5) is 4.39 Å². The average Bonchev–Trinajstić information content (AvgIpc) is 2.84. The molecule has 0 bridgehead atoms. The minimum atomic E-state index is -1.01. The topological polar surface area (TPSA) is 66.0 Å². The summed E-state index contributed by atoms with van der Waals surface area (Å²) in [5.74, 6) is -1.50. The van der Waals surface area contributed by atoms with Crippen LogP contribution < -0.4 is 0 Å². The summed E-state index contributed by atoms with van der Waals surface area (Å²) in [4.78, 5) is 10.9. The molecule has 0 saturated heterocycles. The normalized spacial score (nSPS) is 10.9. The molecule has 1 aromatic heterocycles. The Hall–Kier alpha value is -2.40. The summed E-state index contributed by atoms with van der Waals surface area (Å²) in [6.07, 6.45) is 0. The third kappa shape index (κ3) is 2.02. The van der Waals surface area contributed by atoms with E-state index in [2.05, 4.69) is 10.2 Å². The molecule has 6 heteroatoms. The number of aromatic carboxylic acids is 1. The lowest BCUT2D eigenvalue weighted by Crippen LogP contribution is -1.94. The molecule has 3 rings (SSSR count). The molecule has 0 unspecified atom stereocenters. The minimum absolute atomic E-state index is 0.0146. The molecule has 0 aliphatic heterocycles. The maximum Gasteiger partial charge on any atom is 0.335 e. The van der Waals surface area contributed by atoms with Gasteiger partial charge in [0.1, 0.15) is 5.82 Å². The molecule has 0 spiro atoms. The Labute approximate surface area is 117 Å². The molecule has 0 saturated carbocycles. The molecule has 2 N–H and O–H groups in total. The number of carboxylic acids is 1. The number of halogens is 2. The molecule has 3 aromatic rings. The number of aromatic amines is 1. The molecule has 0 aliphatic carbocycles. The summed E-state index contributed by atoms with van der Waals surface area (Å²) in [5, 5.41) is 16.6. The van der Waals surface area contributed by atoms with Gasteiger partial charge in [0.25, 0.3) is 0 Å². The molecule has 0 aliphatic rings. The number of benzene rings is 2. The highest BCUT2D eigenvalue weighted by Gasteiger charge is 2.12. The van der Waals surface area contributed by atoms with Crippen LogP contribution in [0.15, 0.2) is 36.4 Å². The van der Waals surface area contributed by atoms with E-state index in [4.69, 9.17) is 16.7 Å². The number of carboxylic acid groups (broad SMARTS) is 1. The van der Waals surface area contributed by atoms with Gasteiger partial charge in [-0.25, -0.2) is 9.18 Å². The largest absolute Gasteiger partial charge is 0.478 e. The number of nitrogens with zero attached hydrogens (tertiary/aromatic N) is 1. The van der Waals surface area contributed by atoms with E-state index in [1.54, 1.807) is 12.1 Å². The van der Waals surface area contributed by atoms with Crippen LogP contribution in [0.1, 0.15) is 10.4 Å². The average molecular weight is 291 g/mol. The highest BCUT2D eigenvalue weighted by molar-refractivity contribution is 6.31. The number of nitrogens with one attached hydrogen (secondary N) is 1. The number of fused-ring (bicyclic) bond motifs is 1. The van der Waals surface area contributed by atoms with Crippen LogP contribution in [0.3, 0.4) is 0 Å². The van der Waals surface area contributed by atoms with Gasteiger partial charge in [-0.15, -0.1) is 0 Å².